The van der Waals surface area contributed by atoms with Crippen LogP contribution in [0.1, 0.15) is 68.4 Å². The standard InChI is InChI=1S/C24H28F3N3O3S2/c1-3-5-6-7-8-9-12-33-20-11-10-16(13-17(20)24(25,26)27)28-23-30-18(14-35-23)21-29-19(15-34-21)22(31)32-4-2/h10-11,13-15H,3-9,12H2,1-2H3,(H,28,30). The fourth-order valence-corrected chi connectivity index (χ4v) is 4.80. The molecule has 0 bridgehead atoms. The lowest BCUT2D eigenvalue weighted by Crippen LogP contribution is -2.10. The van der Waals surface area contributed by atoms with Crippen molar-refractivity contribution in [2.75, 3.05) is 18.5 Å². The molecule has 2 heterocycles. The van der Waals surface area contributed by atoms with Crippen LogP contribution in [0.5, 0.6) is 5.75 Å². The van der Waals surface area contributed by atoms with E-state index < -0.39 is 17.7 Å². The number of hydrogen-bond donors (Lipinski definition) is 1. The summed E-state index contributed by atoms with van der Waals surface area (Å²) >= 11 is 2.46. The number of hydrogen-bond acceptors (Lipinski definition) is 8. The lowest BCUT2D eigenvalue weighted by atomic mass is 10.1. The first-order valence-electron chi connectivity index (χ1n) is 11.5. The van der Waals surface area contributed by atoms with E-state index in [0.717, 1.165) is 38.2 Å². The summed E-state index contributed by atoms with van der Waals surface area (Å²) in [5, 5.41) is 7.14. The molecule has 3 rings (SSSR count). The van der Waals surface area contributed by atoms with Crippen molar-refractivity contribution in [1.29, 1.82) is 0 Å². The van der Waals surface area contributed by atoms with Crippen LogP contribution in [0.25, 0.3) is 10.7 Å². The van der Waals surface area contributed by atoms with Crippen LogP contribution in [0.2, 0.25) is 0 Å². The monoisotopic (exact) mass is 527 g/mol. The molecule has 0 unspecified atom stereocenters. The third-order valence-electron chi connectivity index (χ3n) is 5.00. The Balaban J connectivity index is 1.64. The summed E-state index contributed by atoms with van der Waals surface area (Å²) in [5.74, 6) is -0.687. The van der Waals surface area contributed by atoms with Crippen LogP contribution in [-0.2, 0) is 10.9 Å². The summed E-state index contributed by atoms with van der Waals surface area (Å²) in [7, 11) is 0. The summed E-state index contributed by atoms with van der Waals surface area (Å²) < 4.78 is 51.4. The number of esters is 1. The number of unbranched alkanes of at least 4 members (excludes halogenated alkanes) is 5. The zero-order valence-corrected chi connectivity index (χ0v) is 21.2. The molecule has 190 valence electrons. The van der Waals surface area contributed by atoms with Crippen molar-refractivity contribution in [3.05, 3.63) is 40.2 Å². The van der Waals surface area contributed by atoms with Crippen molar-refractivity contribution >= 4 is 39.5 Å². The second kappa shape index (κ2) is 12.9. The minimum Gasteiger partial charge on any atom is -0.493 e. The van der Waals surface area contributed by atoms with Crippen LogP contribution in [0.4, 0.5) is 24.0 Å². The number of benzene rings is 1. The molecular weight excluding hydrogens is 499 g/mol. The number of aromatic nitrogens is 2. The Kier molecular flexibility index (Phi) is 9.91. The highest BCUT2D eigenvalue weighted by molar-refractivity contribution is 7.15. The van der Waals surface area contributed by atoms with Crippen LogP contribution in [-0.4, -0.2) is 29.2 Å². The van der Waals surface area contributed by atoms with Crippen molar-refractivity contribution in [3.63, 3.8) is 0 Å². The minimum atomic E-state index is -4.55. The molecule has 0 amide bonds. The van der Waals surface area contributed by atoms with Crippen LogP contribution in [0.3, 0.4) is 0 Å². The molecule has 0 fully saturated rings. The molecule has 3 aromatic rings. The van der Waals surface area contributed by atoms with E-state index in [0.29, 0.717) is 15.8 Å². The Morgan fingerprint density at radius 2 is 1.80 bits per heavy atom. The van der Waals surface area contributed by atoms with Crippen molar-refractivity contribution in [1.82, 2.24) is 9.97 Å². The third-order valence-corrected chi connectivity index (χ3v) is 6.63. The van der Waals surface area contributed by atoms with Gasteiger partial charge in [-0.3, -0.25) is 0 Å². The van der Waals surface area contributed by atoms with Gasteiger partial charge in [-0.2, -0.15) is 13.2 Å². The van der Waals surface area contributed by atoms with Gasteiger partial charge in [0.2, 0.25) is 0 Å². The Morgan fingerprint density at radius 1 is 1.03 bits per heavy atom. The Hall–Kier alpha value is -2.66. The number of carbonyl (C=O) groups is 1. The van der Waals surface area contributed by atoms with E-state index >= 15 is 0 Å². The molecule has 1 N–H and O–H groups in total. The van der Waals surface area contributed by atoms with Crippen LogP contribution in [0.15, 0.2) is 29.0 Å². The van der Waals surface area contributed by atoms with E-state index in [-0.39, 0.29) is 30.3 Å². The molecule has 6 nitrogen and oxygen atoms in total. The van der Waals surface area contributed by atoms with Gasteiger partial charge in [0.05, 0.1) is 18.8 Å². The van der Waals surface area contributed by atoms with Crippen LogP contribution < -0.4 is 10.1 Å². The molecule has 0 radical (unpaired) electrons. The average molecular weight is 528 g/mol. The summed E-state index contributed by atoms with van der Waals surface area (Å²) in [4.78, 5) is 20.4. The van der Waals surface area contributed by atoms with Gasteiger partial charge in [-0.05, 0) is 31.5 Å². The van der Waals surface area contributed by atoms with E-state index in [9.17, 15) is 18.0 Å². The summed E-state index contributed by atoms with van der Waals surface area (Å²) in [5.41, 5.74) is 0.134. The Labute approximate surface area is 210 Å². The largest absolute Gasteiger partial charge is 0.493 e. The molecule has 11 heteroatoms. The molecule has 0 aliphatic heterocycles. The highest BCUT2D eigenvalue weighted by Gasteiger charge is 2.34. The molecule has 0 saturated heterocycles. The predicted molar refractivity (Wildman–Crippen MR) is 133 cm³/mol. The summed E-state index contributed by atoms with van der Waals surface area (Å²) in [6.07, 6.45) is 1.63. The SMILES string of the molecule is CCCCCCCCOc1ccc(Nc2nc(-c3nc(C(=O)OCC)cs3)cs2)cc1C(F)(F)F. The predicted octanol–water partition coefficient (Wildman–Crippen LogP) is 7.95. The number of carbonyl (C=O) groups excluding carboxylic acids is 1. The van der Waals surface area contributed by atoms with E-state index in [4.69, 9.17) is 9.47 Å². The van der Waals surface area contributed by atoms with Crippen molar-refractivity contribution in [2.24, 2.45) is 0 Å². The average Bonchev–Trinajstić information content (AvgIpc) is 3.48. The van der Waals surface area contributed by atoms with Gasteiger partial charge in [-0.15, -0.1) is 22.7 Å². The van der Waals surface area contributed by atoms with Gasteiger partial charge in [0.25, 0.3) is 0 Å². The van der Waals surface area contributed by atoms with Gasteiger partial charge >= 0.3 is 12.1 Å². The number of anilines is 2. The first-order chi connectivity index (χ1) is 16.8. The van der Waals surface area contributed by atoms with Gasteiger partial charge < -0.3 is 14.8 Å². The van der Waals surface area contributed by atoms with Crippen LogP contribution >= 0.6 is 22.7 Å². The number of ether oxygens (including phenoxy) is 2. The first kappa shape index (κ1) is 26.9. The van der Waals surface area contributed by atoms with E-state index in [2.05, 4.69) is 22.2 Å². The van der Waals surface area contributed by atoms with E-state index in [1.807, 2.05) is 0 Å². The molecule has 2 aromatic heterocycles. The molecule has 0 aliphatic rings. The quantitative estimate of drug-likeness (QED) is 0.180. The number of nitrogens with one attached hydrogen (secondary N) is 1. The first-order valence-corrected chi connectivity index (χ1v) is 13.3. The molecule has 0 aliphatic carbocycles. The maximum absolute atomic E-state index is 13.7. The lowest BCUT2D eigenvalue weighted by molar-refractivity contribution is -0.138. The van der Waals surface area contributed by atoms with Gasteiger partial charge in [-0.1, -0.05) is 39.0 Å². The number of alkyl halides is 3. The number of halogens is 3. The highest BCUT2D eigenvalue weighted by atomic mass is 32.1. The van der Waals surface area contributed by atoms with Crippen molar-refractivity contribution < 1.29 is 27.4 Å². The molecule has 0 atom stereocenters. The summed E-state index contributed by atoms with van der Waals surface area (Å²) in [6, 6.07) is 3.90. The molecule has 0 saturated carbocycles. The fraction of sp³-hybridized carbons (Fsp3) is 0.458. The molecule has 35 heavy (non-hydrogen) atoms. The smallest absolute Gasteiger partial charge is 0.420 e. The number of thiazole rings is 2. The number of nitrogens with zero attached hydrogens (tertiary/aromatic N) is 2. The van der Waals surface area contributed by atoms with E-state index in [1.54, 1.807) is 17.7 Å². The zero-order chi connectivity index (χ0) is 25.3. The zero-order valence-electron chi connectivity index (χ0n) is 19.6. The maximum atomic E-state index is 13.7. The van der Waals surface area contributed by atoms with Crippen LogP contribution in [0, 0.1) is 0 Å². The summed E-state index contributed by atoms with van der Waals surface area (Å²) in [6.45, 7) is 4.35. The molecular formula is C24H28F3N3O3S2. The van der Waals surface area contributed by atoms with Gasteiger partial charge in [0.1, 0.15) is 16.5 Å². The van der Waals surface area contributed by atoms with Gasteiger partial charge in [-0.25, -0.2) is 14.8 Å². The Morgan fingerprint density at radius 3 is 2.54 bits per heavy atom. The molecule has 1 aromatic carbocycles. The maximum Gasteiger partial charge on any atom is 0.420 e. The second-order valence-corrected chi connectivity index (χ2v) is 9.46. The second-order valence-electron chi connectivity index (χ2n) is 7.75. The topological polar surface area (TPSA) is 73.3 Å². The lowest BCUT2D eigenvalue weighted by Gasteiger charge is -2.15. The van der Waals surface area contributed by atoms with Crippen molar-refractivity contribution in [3.8, 4) is 16.5 Å². The molecule has 0 spiro atoms. The third kappa shape index (κ3) is 7.93. The van der Waals surface area contributed by atoms with Gasteiger partial charge in [0, 0.05) is 16.4 Å². The Bertz CT molecular complexity index is 1100. The fourth-order valence-electron chi connectivity index (χ4n) is 3.26. The minimum absolute atomic E-state index is 0.175. The normalized spacial score (nSPS) is 11.5. The highest BCUT2D eigenvalue weighted by Crippen LogP contribution is 2.39. The van der Waals surface area contributed by atoms with Crippen molar-refractivity contribution in [2.45, 2.75) is 58.5 Å². The van der Waals surface area contributed by atoms with E-state index in [1.165, 1.54) is 41.2 Å². The van der Waals surface area contributed by atoms with Gasteiger partial charge in [0.15, 0.2) is 10.8 Å². The number of rotatable bonds is 13.